The quantitative estimate of drug-likeness (QED) is 0.240. The van der Waals surface area contributed by atoms with E-state index >= 15 is 0 Å². The second-order valence-corrected chi connectivity index (χ2v) is 6.25. The molecule has 1 aliphatic rings. The highest BCUT2D eigenvalue weighted by Crippen LogP contribution is 2.14. The SMILES string of the molecule is CCCOCCC(=O)NCC(C[C@H](C=O)N1C(=O)C=CC1=O)N(C)CC=O. The number of carbonyl (C=O) groups excluding carboxylic acids is 5. The summed E-state index contributed by atoms with van der Waals surface area (Å²) in [5.41, 5.74) is 0. The first-order valence-corrected chi connectivity index (χ1v) is 8.93. The number of carbonyl (C=O) groups is 5. The molecular weight excluding hydrogens is 354 g/mol. The van der Waals surface area contributed by atoms with Crippen LogP contribution in [0, 0.1) is 0 Å². The number of hydrogen-bond donors (Lipinski definition) is 1. The van der Waals surface area contributed by atoms with Gasteiger partial charge < -0.3 is 19.6 Å². The second kappa shape index (κ2) is 12.1. The Morgan fingerprint density at radius 3 is 2.48 bits per heavy atom. The van der Waals surface area contributed by atoms with Gasteiger partial charge in [0.05, 0.1) is 19.2 Å². The van der Waals surface area contributed by atoms with E-state index in [0.717, 1.165) is 23.5 Å². The number of aldehydes is 2. The zero-order chi connectivity index (χ0) is 20.2. The van der Waals surface area contributed by atoms with Crippen LogP contribution in [-0.2, 0) is 28.7 Å². The van der Waals surface area contributed by atoms with Gasteiger partial charge >= 0.3 is 0 Å². The molecule has 3 amide bonds. The predicted molar refractivity (Wildman–Crippen MR) is 96.7 cm³/mol. The van der Waals surface area contributed by atoms with E-state index in [1.165, 1.54) is 0 Å². The molecule has 0 saturated carbocycles. The molecule has 1 heterocycles. The maximum absolute atomic E-state index is 11.9. The molecule has 9 heteroatoms. The molecular formula is C18H27N3O6. The fraction of sp³-hybridized carbons (Fsp3) is 0.611. The number of ether oxygens (including phenoxy) is 1. The molecule has 0 fully saturated rings. The van der Waals surface area contributed by atoms with Crippen LogP contribution in [-0.4, -0.2) is 85.5 Å². The lowest BCUT2D eigenvalue weighted by atomic mass is 10.0. The molecule has 1 rings (SSSR count). The number of amides is 3. The Balaban J connectivity index is 2.66. The van der Waals surface area contributed by atoms with Crippen LogP contribution in [0.15, 0.2) is 12.2 Å². The Morgan fingerprint density at radius 1 is 1.26 bits per heavy atom. The number of likely N-dealkylation sites (N-methyl/N-ethyl adjacent to an activating group) is 1. The van der Waals surface area contributed by atoms with Crippen LogP contribution in [0.25, 0.3) is 0 Å². The summed E-state index contributed by atoms with van der Waals surface area (Å²) in [6.07, 6.45) is 4.65. The lowest BCUT2D eigenvalue weighted by Gasteiger charge is -2.31. The zero-order valence-electron chi connectivity index (χ0n) is 15.8. The van der Waals surface area contributed by atoms with Gasteiger partial charge in [0.2, 0.25) is 5.91 Å². The van der Waals surface area contributed by atoms with Crippen molar-refractivity contribution in [1.29, 1.82) is 0 Å². The first-order chi connectivity index (χ1) is 12.9. The molecule has 0 aromatic heterocycles. The molecule has 2 atom stereocenters. The number of hydrogen-bond acceptors (Lipinski definition) is 7. The number of imide groups is 1. The molecule has 0 bridgehead atoms. The van der Waals surface area contributed by atoms with Crippen molar-refractivity contribution in [3.8, 4) is 0 Å². The van der Waals surface area contributed by atoms with Crippen molar-refractivity contribution in [2.24, 2.45) is 0 Å². The third-order valence-electron chi connectivity index (χ3n) is 4.19. The zero-order valence-corrected chi connectivity index (χ0v) is 15.8. The molecule has 150 valence electrons. The first kappa shape index (κ1) is 22.7. The largest absolute Gasteiger partial charge is 0.381 e. The molecule has 1 aliphatic heterocycles. The van der Waals surface area contributed by atoms with Crippen LogP contribution in [0.3, 0.4) is 0 Å². The molecule has 9 nitrogen and oxygen atoms in total. The van der Waals surface area contributed by atoms with E-state index in [2.05, 4.69) is 5.32 Å². The minimum absolute atomic E-state index is 0.0892. The normalized spacial score (nSPS) is 15.9. The van der Waals surface area contributed by atoms with E-state index in [1.54, 1.807) is 11.9 Å². The predicted octanol–water partition coefficient (Wildman–Crippen LogP) is -0.699. The number of rotatable bonds is 14. The van der Waals surface area contributed by atoms with Gasteiger partial charge in [-0.05, 0) is 19.9 Å². The van der Waals surface area contributed by atoms with Gasteiger partial charge in [0.1, 0.15) is 12.6 Å². The highest BCUT2D eigenvalue weighted by molar-refractivity contribution is 6.14. The minimum Gasteiger partial charge on any atom is -0.381 e. The summed E-state index contributed by atoms with van der Waals surface area (Å²) in [4.78, 5) is 60.4. The Labute approximate surface area is 158 Å². The van der Waals surface area contributed by atoms with Gasteiger partial charge in [0.25, 0.3) is 11.8 Å². The van der Waals surface area contributed by atoms with Crippen LogP contribution in [0.4, 0.5) is 0 Å². The van der Waals surface area contributed by atoms with Crippen LogP contribution in [0.2, 0.25) is 0 Å². The second-order valence-electron chi connectivity index (χ2n) is 6.25. The topological polar surface area (TPSA) is 113 Å². The van der Waals surface area contributed by atoms with Crippen LogP contribution in [0.5, 0.6) is 0 Å². The van der Waals surface area contributed by atoms with Gasteiger partial charge in [-0.15, -0.1) is 0 Å². The number of nitrogens with zero attached hydrogens (tertiary/aromatic N) is 2. The fourth-order valence-corrected chi connectivity index (χ4v) is 2.66. The molecule has 0 aromatic carbocycles. The van der Waals surface area contributed by atoms with E-state index in [4.69, 9.17) is 4.74 Å². The van der Waals surface area contributed by atoms with E-state index in [-0.39, 0.29) is 31.8 Å². The molecule has 27 heavy (non-hydrogen) atoms. The molecule has 0 radical (unpaired) electrons. The maximum Gasteiger partial charge on any atom is 0.254 e. The van der Waals surface area contributed by atoms with Crippen molar-refractivity contribution in [3.63, 3.8) is 0 Å². The Morgan fingerprint density at radius 2 is 1.93 bits per heavy atom. The van der Waals surface area contributed by atoms with Crippen molar-refractivity contribution >= 4 is 30.3 Å². The molecule has 1 unspecified atom stereocenters. The lowest BCUT2D eigenvalue weighted by molar-refractivity contribution is -0.142. The van der Waals surface area contributed by atoms with E-state index in [1.807, 2.05) is 6.92 Å². The summed E-state index contributed by atoms with van der Waals surface area (Å²) in [6, 6.07) is -1.38. The standard InChI is InChI=1S/C18H27N3O6/c1-3-9-27-10-6-16(24)19-12-14(20(2)7-8-22)11-15(13-23)21-17(25)4-5-18(21)26/h4-5,8,13-15H,3,6-7,9-12H2,1-2H3,(H,19,24)/t14?,15-/m1/s1. The Hall–Kier alpha value is -2.39. The third-order valence-corrected chi connectivity index (χ3v) is 4.19. The Kier molecular flexibility index (Phi) is 10.1. The Bertz CT molecular complexity index is 559. The van der Waals surface area contributed by atoms with Crippen molar-refractivity contribution in [3.05, 3.63) is 12.2 Å². The summed E-state index contributed by atoms with van der Waals surface area (Å²) < 4.78 is 5.27. The number of nitrogens with one attached hydrogen (secondary N) is 1. The van der Waals surface area contributed by atoms with Crippen LogP contribution >= 0.6 is 0 Å². The highest BCUT2D eigenvalue weighted by atomic mass is 16.5. The van der Waals surface area contributed by atoms with Gasteiger partial charge in [0.15, 0.2) is 0 Å². The van der Waals surface area contributed by atoms with Crippen LogP contribution < -0.4 is 5.32 Å². The lowest BCUT2D eigenvalue weighted by Crippen LogP contribution is -2.49. The minimum atomic E-state index is -0.969. The van der Waals surface area contributed by atoms with Crippen molar-refractivity contribution < 1.29 is 28.7 Å². The highest BCUT2D eigenvalue weighted by Gasteiger charge is 2.33. The summed E-state index contributed by atoms with van der Waals surface area (Å²) in [6.45, 7) is 3.14. The van der Waals surface area contributed by atoms with E-state index in [9.17, 15) is 24.0 Å². The smallest absolute Gasteiger partial charge is 0.254 e. The molecule has 0 spiro atoms. The molecule has 0 aromatic rings. The summed E-state index contributed by atoms with van der Waals surface area (Å²) >= 11 is 0. The first-order valence-electron chi connectivity index (χ1n) is 8.93. The summed E-state index contributed by atoms with van der Waals surface area (Å²) in [7, 11) is 1.67. The van der Waals surface area contributed by atoms with Crippen molar-refractivity contribution in [1.82, 2.24) is 15.1 Å². The molecule has 0 aliphatic carbocycles. The fourth-order valence-electron chi connectivity index (χ4n) is 2.66. The average Bonchev–Trinajstić information content (AvgIpc) is 2.98. The molecule has 0 saturated heterocycles. The van der Waals surface area contributed by atoms with Crippen molar-refractivity contribution in [2.75, 3.05) is 33.4 Å². The van der Waals surface area contributed by atoms with Crippen LogP contribution in [0.1, 0.15) is 26.2 Å². The van der Waals surface area contributed by atoms with E-state index < -0.39 is 23.9 Å². The van der Waals surface area contributed by atoms with Gasteiger partial charge in [-0.3, -0.25) is 24.2 Å². The van der Waals surface area contributed by atoms with E-state index in [0.29, 0.717) is 25.8 Å². The third kappa shape index (κ3) is 7.40. The van der Waals surface area contributed by atoms with Gasteiger partial charge in [-0.2, -0.15) is 0 Å². The summed E-state index contributed by atoms with van der Waals surface area (Å²) in [5.74, 6) is -1.31. The van der Waals surface area contributed by atoms with Gasteiger partial charge in [-0.25, -0.2) is 0 Å². The average molecular weight is 381 g/mol. The molecule has 1 N–H and O–H groups in total. The van der Waals surface area contributed by atoms with Crippen molar-refractivity contribution in [2.45, 2.75) is 38.3 Å². The maximum atomic E-state index is 11.9. The summed E-state index contributed by atoms with van der Waals surface area (Å²) in [5, 5.41) is 2.74. The van der Waals surface area contributed by atoms with Gasteiger partial charge in [-0.1, -0.05) is 6.92 Å². The van der Waals surface area contributed by atoms with Gasteiger partial charge in [0, 0.05) is 37.8 Å². The monoisotopic (exact) mass is 381 g/mol.